The minimum atomic E-state index is -0.241. The topological polar surface area (TPSA) is 63.3 Å². The molecule has 0 unspecified atom stereocenters. The third kappa shape index (κ3) is 1.31. The summed E-state index contributed by atoms with van der Waals surface area (Å²) < 4.78 is 1.25. The standard InChI is InChI=1S/C7H7ClN4O/c1-2-5-10-6-3-4(8)9-7(13)12(6)11-5/h3H,2H2,1H3,(H,9,13). The Balaban J connectivity index is 2.75. The van der Waals surface area contributed by atoms with Crippen LogP contribution in [0.2, 0.25) is 5.15 Å². The lowest BCUT2D eigenvalue weighted by Gasteiger charge is -1.94. The van der Waals surface area contributed by atoms with Crippen LogP contribution in [-0.2, 0) is 6.42 Å². The molecule has 6 heteroatoms. The van der Waals surface area contributed by atoms with Crippen molar-refractivity contribution in [1.29, 1.82) is 0 Å². The van der Waals surface area contributed by atoms with E-state index in [-0.39, 0.29) is 11.2 Å². The van der Waals surface area contributed by atoms with E-state index in [9.17, 15) is 5.11 Å². The summed E-state index contributed by atoms with van der Waals surface area (Å²) in [5.41, 5.74) is 0.509. The molecule has 0 saturated carbocycles. The number of nitrogens with zero attached hydrogens (tertiary/aromatic N) is 4. The van der Waals surface area contributed by atoms with Crippen molar-refractivity contribution in [3.05, 3.63) is 17.0 Å². The summed E-state index contributed by atoms with van der Waals surface area (Å²) in [4.78, 5) is 7.75. The van der Waals surface area contributed by atoms with Crippen molar-refractivity contribution in [3.63, 3.8) is 0 Å². The lowest BCUT2D eigenvalue weighted by Crippen LogP contribution is -1.92. The molecule has 0 aliphatic rings. The number of hydrogen-bond acceptors (Lipinski definition) is 4. The van der Waals surface area contributed by atoms with Crippen LogP contribution in [0.3, 0.4) is 0 Å². The van der Waals surface area contributed by atoms with Gasteiger partial charge in [0.1, 0.15) is 5.15 Å². The van der Waals surface area contributed by atoms with Crippen LogP contribution in [0.1, 0.15) is 12.7 Å². The Hall–Kier alpha value is -1.36. The minimum Gasteiger partial charge on any atom is -0.479 e. The zero-order valence-corrected chi connectivity index (χ0v) is 7.65. The molecule has 0 spiro atoms. The Bertz CT molecular complexity index is 453. The average Bonchev–Trinajstić information content (AvgIpc) is 2.47. The summed E-state index contributed by atoms with van der Waals surface area (Å²) in [5.74, 6) is 0.652. The van der Waals surface area contributed by atoms with E-state index >= 15 is 0 Å². The highest BCUT2D eigenvalue weighted by Gasteiger charge is 2.07. The molecule has 2 rings (SSSR count). The molecular formula is C7H7ClN4O. The first-order chi connectivity index (χ1) is 6.20. The molecule has 0 aromatic carbocycles. The van der Waals surface area contributed by atoms with Crippen LogP contribution in [0.4, 0.5) is 0 Å². The van der Waals surface area contributed by atoms with Crippen molar-refractivity contribution in [2.75, 3.05) is 0 Å². The molecule has 0 radical (unpaired) electrons. The zero-order chi connectivity index (χ0) is 9.42. The summed E-state index contributed by atoms with van der Waals surface area (Å²) >= 11 is 5.62. The van der Waals surface area contributed by atoms with Gasteiger partial charge >= 0.3 is 6.01 Å². The van der Waals surface area contributed by atoms with Gasteiger partial charge in [-0.1, -0.05) is 18.5 Å². The Morgan fingerprint density at radius 3 is 3.00 bits per heavy atom. The predicted molar refractivity (Wildman–Crippen MR) is 46.8 cm³/mol. The first kappa shape index (κ1) is 8.25. The van der Waals surface area contributed by atoms with Gasteiger partial charge in [0.05, 0.1) is 0 Å². The van der Waals surface area contributed by atoms with Crippen LogP contribution in [0.25, 0.3) is 5.65 Å². The monoisotopic (exact) mass is 198 g/mol. The fourth-order valence-electron chi connectivity index (χ4n) is 1.04. The van der Waals surface area contributed by atoms with Gasteiger partial charge in [0.25, 0.3) is 0 Å². The van der Waals surface area contributed by atoms with Gasteiger partial charge in [0.15, 0.2) is 11.5 Å². The number of halogens is 1. The number of hydrogen-bond donors (Lipinski definition) is 1. The molecule has 2 aromatic rings. The van der Waals surface area contributed by atoms with Gasteiger partial charge in [0.2, 0.25) is 0 Å². The molecule has 0 bridgehead atoms. The molecule has 0 atom stereocenters. The van der Waals surface area contributed by atoms with E-state index in [1.54, 1.807) is 6.07 Å². The molecule has 2 aromatic heterocycles. The second-order valence-electron chi connectivity index (χ2n) is 2.53. The second kappa shape index (κ2) is 2.85. The molecule has 0 amide bonds. The maximum Gasteiger partial charge on any atom is 0.318 e. The van der Waals surface area contributed by atoms with Crippen LogP contribution < -0.4 is 0 Å². The van der Waals surface area contributed by atoms with E-state index < -0.39 is 0 Å². The van der Waals surface area contributed by atoms with Crippen LogP contribution in [0.15, 0.2) is 6.07 Å². The second-order valence-corrected chi connectivity index (χ2v) is 2.92. The van der Waals surface area contributed by atoms with Gasteiger partial charge in [-0.15, -0.1) is 5.10 Å². The molecule has 0 aliphatic heterocycles. The van der Waals surface area contributed by atoms with Crippen molar-refractivity contribution in [2.24, 2.45) is 0 Å². The van der Waals surface area contributed by atoms with Crippen molar-refractivity contribution in [1.82, 2.24) is 19.6 Å². The Labute approximate surface area is 79.0 Å². The van der Waals surface area contributed by atoms with Crippen LogP contribution >= 0.6 is 11.6 Å². The van der Waals surface area contributed by atoms with Crippen molar-refractivity contribution >= 4 is 17.2 Å². The fourth-order valence-corrected chi connectivity index (χ4v) is 1.21. The lowest BCUT2D eigenvalue weighted by atomic mass is 10.5. The van der Waals surface area contributed by atoms with Gasteiger partial charge in [0, 0.05) is 12.5 Å². The van der Waals surface area contributed by atoms with E-state index in [1.807, 2.05) is 6.92 Å². The van der Waals surface area contributed by atoms with Gasteiger partial charge in [-0.2, -0.15) is 9.50 Å². The number of aromatic nitrogens is 4. The molecule has 2 heterocycles. The summed E-state index contributed by atoms with van der Waals surface area (Å²) in [6.07, 6.45) is 0.707. The average molecular weight is 199 g/mol. The van der Waals surface area contributed by atoms with E-state index in [2.05, 4.69) is 15.1 Å². The molecule has 0 fully saturated rings. The first-order valence-electron chi connectivity index (χ1n) is 3.82. The fraction of sp³-hybridized carbons (Fsp3) is 0.286. The normalized spacial score (nSPS) is 10.9. The van der Waals surface area contributed by atoms with Crippen LogP contribution in [0.5, 0.6) is 6.01 Å². The minimum absolute atomic E-state index is 0.208. The molecule has 1 N–H and O–H groups in total. The Kier molecular flexibility index (Phi) is 1.81. The third-order valence-corrected chi connectivity index (χ3v) is 1.83. The van der Waals surface area contributed by atoms with Crippen molar-refractivity contribution in [3.8, 4) is 6.01 Å². The number of aromatic hydroxyl groups is 1. The number of rotatable bonds is 1. The SMILES string of the molecule is CCc1nc2cc(Cl)nc(O)n2n1. The summed E-state index contributed by atoms with van der Waals surface area (Å²) in [6.45, 7) is 1.93. The van der Waals surface area contributed by atoms with E-state index in [1.165, 1.54) is 4.52 Å². The molecule has 5 nitrogen and oxygen atoms in total. The summed E-state index contributed by atoms with van der Waals surface area (Å²) in [6, 6.07) is 1.31. The van der Waals surface area contributed by atoms with Crippen molar-refractivity contribution in [2.45, 2.75) is 13.3 Å². The highest BCUT2D eigenvalue weighted by molar-refractivity contribution is 6.29. The molecule has 68 valence electrons. The largest absolute Gasteiger partial charge is 0.479 e. The van der Waals surface area contributed by atoms with Gasteiger partial charge in [-0.3, -0.25) is 0 Å². The number of aryl methyl sites for hydroxylation is 1. The van der Waals surface area contributed by atoms with Gasteiger partial charge in [-0.05, 0) is 0 Å². The number of fused-ring (bicyclic) bond motifs is 1. The van der Waals surface area contributed by atoms with Crippen molar-refractivity contribution < 1.29 is 5.11 Å². The molecule has 0 saturated heterocycles. The Morgan fingerprint density at radius 2 is 2.31 bits per heavy atom. The molecular weight excluding hydrogens is 192 g/mol. The van der Waals surface area contributed by atoms with E-state index in [0.717, 1.165) is 0 Å². The van der Waals surface area contributed by atoms with Gasteiger partial charge < -0.3 is 5.11 Å². The maximum atomic E-state index is 9.33. The highest BCUT2D eigenvalue weighted by atomic mass is 35.5. The van der Waals surface area contributed by atoms with Gasteiger partial charge in [-0.25, -0.2) is 4.98 Å². The van der Waals surface area contributed by atoms with E-state index in [4.69, 9.17) is 11.6 Å². The smallest absolute Gasteiger partial charge is 0.318 e. The maximum absolute atomic E-state index is 9.33. The molecule has 13 heavy (non-hydrogen) atoms. The summed E-state index contributed by atoms with van der Waals surface area (Å²) in [7, 11) is 0. The third-order valence-electron chi connectivity index (χ3n) is 1.64. The van der Waals surface area contributed by atoms with Crippen LogP contribution in [-0.4, -0.2) is 24.7 Å². The van der Waals surface area contributed by atoms with Crippen LogP contribution in [0, 0.1) is 0 Å². The highest BCUT2D eigenvalue weighted by Crippen LogP contribution is 2.14. The lowest BCUT2D eigenvalue weighted by molar-refractivity contribution is 0.413. The molecule has 0 aliphatic carbocycles. The summed E-state index contributed by atoms with van der Waals surface area (Å²) in [5, 5.41) is 13.5. The quantitative estimate of drug-likeness (QED) is 0.696. The predicted octanol–water partition coefficient (Wildman–Crippen LogP) is 1.05. The Morgan fingerprint density at radius 1 is 1.54 bits per heavy atom. The van der Waals surface area contributed by atoms with E-state index in [0.29, 0.717) is 17.9 Å². The first-order valence-corrected chi connectivity index (χ1v) is 4.19. The zero-order valence-electron chi connectivity index (χ0n) is 6.90.